The maximum absolute atomic E-state index is 14.2. The zero-order chi connectivity index (χ0) is 43.9. The monoisotopic (exact) mass is 889 g/mol. The Balaban J connectivity index is 1.22. The lowest BCUT2D eigenvalue weighted by Crippen LogP contribution is -2.71. The van der Waals surface area contributed by atoms with Gasteiger partial charge in [0.2, 0.25) is 5.60 Å². The number of carbonyl (C=O) groups excluding carboxylic acids is 5. The molecule has 61 heavy (non-hydrogen) atoms. The lowest BCUT2D eigenvalue weighted by atomic mass is 10.0. The van der Waals surface area contributed by atoms with Gasteiger partial charge in [0, 0.05) is 17.0 Å². The van der Waals surface area contributed by atoms with Crippen LogP contribution in [0.25, 0.3) is 0 Å². The fourth-order valence-corrected chi connectivity index (χ4v) is 8.35. The Bertz CT molecular complexity index is 2270. The van der Waals surface area contributed by atoms with Crippen LogP contribution in [0.15, 0.2) is 107 Å². The number of alkyl halides is 1. The molecule has 320 valence electrons. The van der Waals surface area contributed by atoms with Crippen LogP contribution in [-0.2, 0) is 44.8 Å². The summed E-state index contributed by atoms with van der Waals surface area (Å²) >= 11 is 8.51. The second kappa shape index (κ2) is 19.2. The number of amides is 3. The normalized spacial score (nSPS) is 16.6. The number of nitrogens with one attached hydrogen (secondary N) is 2. The van der Waals surface area contributed by atoms with Crippen molar-refractivity contribution in [3.8, 4) is 5.75 Å². The first-order valence-corrected chi connectivity index (χ1v) is 21.4. The van der Waals surface area contributed by atoms with E-state index in [2.05, 4.69) is 20.8 Å². The van der Waals surface area contributed by atoms with Crippen LogP contribution in [0, 0.1) is 0 Å². The number of ether oxygens (including phenoxy) is 4. The number of anilines is 1. The summed E-state index contributed by atoms with van der Waals surface area (Å²) in [6.45, 7) is 7.91. The third-order valence-electron chi connectivity index (χ3n) is 9.07. The Morgan fingerprint density at radius 2 is 1.59 bits per heavy atom. The number of esters is 2. The lowest BCUT2D eigenvalue weighted by molar-refractivity contribution is -0.172. The molecule has 2 aliphatic heterocycles. The van der Waals surface area contributed by atoms with Gasteiger partial charge < -0.3 is 29.1 Å². The number of β-lactam (4-membered cyclic amide) rings is 1. The van der Waals surface area contributed by atoms with Crippen molar-refractivity contribution in [2.45, 2.75) is 69.9 Å². The van der Waals surface area contributed by atoms with Gasteiger partial charge in [-0.15, -0.1) is 34.7 Å². The summed E-state index contributed by atoms with van der Waals surface area (Å²) in [5.41, 5.74) is -0.359. The molecule has 1 fully saturated rings. The minimum Gasteiger partial charge on any atom is -0.497 e. The van der Waals surface area contributed by atoms with Gasteiger partial charge in [0.15, 0.2) is 16.9 Å². The molecule has 2 N–H and O–H groups in total. The highest BCUT2D eigenvalue weighted by Crippen LogP contribution is 2.41. The van der Waals surface area contributed by atoms with Crippen molar-refractivity contribution in [1.82, 2.24) is 15.2 Å². The first-order chi connectivity index (χ1) is 29.1. The minimum absolute atomic E-state index is 0.0157. The number of halogens is 1. The van der Waals surface area contributed by atoms with Crippen molar-refractivity contribution < 1.29 is 47.8 Å². The molecule has 0 spiro atoms. The van der Waals surface area contributed by atoms with Gasteiger partial charge in [0.05, 0.1) is 7.11 Å². The number of benzene rings is 3. The average molecular weight is 890 g/mol. The molecule has 18 heteroatoms. The minimum atomic E-state index is -1.76. The van der Waals surface area contributed by atoms with Gasteiger partial charge in [-0.3, -0.25) is 19.8 Å². The number of fused-ring (bicyclic) bond motifs is 1. The van der Waals surface area contributed by atoms with Crippen molar-refractivity contribution in [3.63, 3.8) is 0 Å². The average Bonchev–Trinajstić information content (AvgIpc) is 3.70. The highest BCUT2D eigenvalue weighted by atomic mass is 35.5. The van der Waals surface area contributed by atoms with Crippen LogP contribution in [-0.4, -0.2) is 86.8 Å². The molecule has 0 saturated carbocycles. The number of aromatic nitrogens is 1. The number of hydrogen-bond donors (Lipinski definition) is 2. The molecule has 6 rings (SSSR count). The molecular weight excluding hydrogens is 846 g/mol. The van der Waals surface area contributed by atoms with Crippen LogP contribution >= 0.6 is 34.7 Å². The summed E-state index contributed by atoms with van der Waals surface area (Å²) in [7, 11) is 1.55. The second-order valence-electron chi connectivity index (χ2n) is 15.2. The number of nitrogens with zero attached hydrogens (tertiary/aromatic N) is 3. The molecular formula is C43H44ClN5O10S2. The molecule has 2 aliphatic rings. The third kappa shape index (κ3) is 10.9. The Labute approximate surface area is 365 Å². The first kappa shape index (κ1) is 44.6. The highest BCUT2D eigenvalue weighted by molar-refractivity contribution is 8.00. The molecule has 3 heterocycles. The van der Waals surface area contributed by atoms with Crippen LogP contribution in [0.2, 0.25) is 0 Å². The quantitative estimate of drug-likeness (QED) is 0.0313. The Kier molecular flexibility index (Phi) is 14.1. The predicted molar refractivity (Wildman–Crippen MR) is 230 cm³/mol. The molecule has 15 nitrogen and oxygen atoms in total. The molecule has 0 aliphatic carbocycles. The number of thiazole rings is 1. The fraction of sp³-hybridized carbons (Fsp3) is 0.326. The summed E-state index contributed by atoms with van der Waals surface area (Å²) in [5.74, 6) is -2.11. The molecule has 0 unspecified atom stereocenters. The van der Waals surface area contributed by atoms with Gasteiger partial charge in [-0.1, -0.05) is 78.0 Å². The summed E-state index contributed by atoms with van der Waals surface area (Å²) in [5, 5.41) is 10.2. The van der Waals surface area contributed by atoms with Gasteiger partial charge in [0.1, 0.15) is 40.8 Å². The first-order valence-electron chi connectivity index (χ1n) is 18.9. The summed E-state index contributed by atoms with van der Waals surface area (Å²) in [6.07, 6.45) is -1.57. The van der Waals surface area contributed by atoms with E-state index in [-0.39, 0.29) is 34.8 Å². The highest BCUT2D eigenvalue weighted by Gasteiger charge is 2.54. The van der Waals surface area contributed by atoms with E-state index < -0.39 is 64.3 Å². The van der Waals surface area contributed by atoms with Crippen molar-refractivity contribution >= 4 is 75.4 Å². The number of rotatable bonds is 15. The SMILES string of the molecule is COc1ccc(COC(=O)C2=C(CCl)CS[C@@H]3[C@H](NC(=O)/C(=N/OC(C)(C)C(=O)OC(c4ccccc4)c4ccccc4)c4csc(NC(=O)OC(C)(C)C)n4)C(=O)N23)cc1. The summed E-state index contributed by atoms with van der Waals surface area (Å²) in [4.78, 5) is 79.2. The number of carbonyl (C=O) groups is 5. The largest absolute Gasteiger partial charge is 0.497 e. The maximum atomic E-state index is 14.2. The molecule has 3 amide bonds. The lowest BCUT2D eigenvalue weighted by Gasteiger charge is -2.49. The number of hydrogen-bond acceptors (Lipinski definition) is 14. The smallest absolute Gasteiger partial charge is 0.413 e. The van der Waals surface area contributed by atoms with Crippen molar-refractivity contribution in [2.24, 2.45) is 5.16 Å². The Morgan fingerprint density at radius 1 is 0.951 bits per heavy atom. The zero-order valence-electron chi connectivity index (χ0n) is 34.1. The van der Waals surface area contributed by atoms with E-state index in [0.29, 0.717) is 16.9 Å². The summed E-state index contributed by atoms with van der Waals surface area (Å²) in [6, 6.07) is 24.2. The zero-order valence-corrected chi connectivity index (χ0v) is 36.5. The molecule has 1 saturated heterocycles. The van der Waals surface area contributed by atoms with E-state index in [1.807, 2.05) is 60.7 Å². The van der Waals surface area contributed by atoms with E-state index in [1.54, 1.807) is 52.1 Å². The van der Waals surface area contributed by atoms with Crippen molar-refractivity contribution in [1.29, 1.82) is 0 Å². The van der Waals surface area contributed by atoms with E-state index in [0.717, 1.165) is 22.5 Å². The fourth-order valence-electron chi connectivity index (χ4n) is 5.99. The van der Waals surface area contributed by atoms with E-state index in [1.165, 1.54) is 35.9 Å². The predicted octanol–water partition coefficient (Wildman–Crippen LogP) is 6.97. The summed E-state index contributed by atoms with van der Waals surface area (Å²) < 4.78 is 22.1. The molecule has 0 bridgehead atoms. The van der Waals surface area contributed by atoms with Gasteiger partial charge in [-0.2, -0.15) is 0 Å². The van der Waals surface area contributed by atoms with Gasteiger partial charge in [-0.05, 0) is 69.0 Å². The Morgan fingerprint density at radius 3 is 2.18 bits per heavy atom. The third-order valence-corrected chi connectivity index (χ3v) is 11.5. The standard InChI is InChI=1S/C43H44ClN5O10S2/c1-42(2,3)58-41(54)47-40-45-30(24-61-40)31(48-59-43(4,5)39(53)57-34(26-13-9-7-10-14-26)27-15-11-8-12-16-27)35(50)46-32-36(51)49-33(28(21-44)23-60-37(32)49)38(52)56-22-25-17-19-29(55-6)20-18-25/h7-20,24,32,34,37H,21-23H2,1-6H3,(H,46,50)(H,45,47,54)/b48-31+/t32-,37-/m1/s1. The molecule has 4 aromatic rings. The van der Waals surface area contributed by atoms with Gasteiger partial charge in [0.25, 0.3) is 11.8 Å². The van der Waals surface area contributed by atoms with Crippen molar-refractivity contribution in [3.05, 3.63) is 124 Å². The number of oxime groups is 1. The van der Waals surface area contributed by atoms with Crippen LogP contribution in [0.5, 0.6) is 5.75 Å². The molecule has 3 aromatic carbocycles. The van der Waals surface area contributed by atoms with Crippen molar-refractivity contribution in [2.75, 3.05) is 24.1 Å². The number of thioether (sulfide) groups is 1. The molecule has 0 radical (unpaired) electrons. The number of methoxy groups -OCH3 is 1. The van der Waals surface area contributed by atoms with Gasteiger partial charge in [-0.25, -0.2) is 19.4 Å². The van der Waals surface area contributed by atoms with Crippen LogP contribution in [0.1, 0.15) is 63.1 Å². The molecule has 1 aromatic heterocycles. The van der Waals surface area contributed by atoms with Crippen LogP contribution in [0.3, 0.4) is 0 Å². The van der Waals surface area contributed by atoms with E-state index >= 15 is 0 Å². The molecule has 2 atom stereocenters. The van der Waals surface area contributed by atoms with Crippen LogP contribution < -0.4 is 15.4 Å². The van der Waals surface area contributed by atoms with E-state index in [9.17, 15) is 24.0 Å². The van der Waals surface area contributed by atoms with E-state index in [4.69, 9.17) is 35.4 Å². The topological polar surface area (TPSA) is 184 Å². The maximum Gasteiger partial charge on any atom is 0.413 e. The van der Waals surface area contributed by atoms with Gasteiger partial charge >= 0.3 is 18.0 Å². The second-order valence-corrected chi connectivity index (χ2v) is 17.4. The van der Waals surface area contributed by atoms with Crippen LogP contribution in [0.4, 0.5) is 9.93 Å². The Hall–Kier alpha value is -5.91.